The minimum atomic E-state index is -0.210. The molecule has 2 N–H and O–H groups in total. The first-order valence-electron chi connectivity index (χ1n) is 10.7. The fraction of sp³-hybridized carbons (Fsp3) is 0.200. The monoisotopic (exact) mass is 461 g/mol. The summed E-state index contributed by atoms with van der Waals surface area (Å²) in [4.78, 5) is 33.2. The summed E-state index contributed by atoms with van der Waals surface area (Å²) in [5, 5.41) is 6.17. The molecule has 2 aromatic carbocycles. The van der Waals surface area contributed by atoms with Gasteiger partial charge in [0.25, 0.3) is 5.91 Å². The maximum Gasteiger partial charge on any atom is 0.252 e. The van der Waals surface area contributed by atoms with Gasteiger partial charge in [-0.05, 0) is 42.3 Å². The number of hydrogen-bond acceptors (Lipinski definition) is 4. The summed E-state index contributed by atoms with van der Waals surface area (Å²) in [7, 11) is 1.94. The number of carbonyl (C=O) groups excluding carboxylic acids is 2. The van der Waals surface area contributed by atoms with Crippen molar-refractivity contribution in [1.29, 1.82) is 0 Å². The Balaban J connectivity index is 1.34. The van der Waals surface area contributed by atoms with E-state index in [2.05, 4.69) is 20.6 Å². The number of imidazole rings is 1. The second kappa shape index (κ2) is 10.3. The van der Waals surface area contributed by atoms with E-state index in [0.29, 0.717) is 42.2 Å². The summed E-state index contributed by atoms with van der Waals surface area (Å²) < 4.78 is 1.99. The van der Waals surface area contributed by atoms with Gasteiger partial charge in [0.1, 0.15) is 11.0 Å². The second-order valence-corrected chi connectivity index (χ2v) is 8.09. The van der Waals surface area contributed by atoms with Crippen molar-refractivity contribution in [3.8, 4) is 0 Å². The number of carbonyl (C=O) groups is 2. The van der Waals surface area contributed by atoms with Crippen molar-refractivity contribution >= 4 is 40.1 Å². The third kappa shape index (κ3) is 5.75. The summed E-state index contributed by atoms with van der Waals surface area (Å²) >= 11 is 5.76. The number of aromatic nitrogens is 3. The molecule has 8 heteroatoms. The molecule has 0 spiro atoms. The van der Waals surface area contributed by atoms with Crippen LogP contribution in [-0.2, 0) is 24.7 Å². The largest absolute Gasteiger partial charge is 0.352 e. The van der Waals surface area contributed by atoms with Gasteiger partial charge in [-0.15, -0.1) is 0 Å². The predicted octanol–water partition coefficient (Wildman–Crippen LogP) is 4.17. The van der Waals surface area contributed by atoms with E-state index in [0.717, 1.165) is 22.4 Å². The summed E-state index contributed by atoms with van der Waals surface area (Å²) in [5.41, 5.74) is 4.06. The Hall–Kier alpha value is -3.71. The molecule has 2 aromatic heterocycles. The van der Waals surface area contributed by atoms with Gasteiger partial charge in [-0.25, -0.2) is 9.97 Å². The van der Waals surface area contributed by atoms with E-state index in [1.807, 2.05) is 60.1 Å². The molecule has 0 saturated carbocycles. The maximum atomic E-state index is 12.3. The molecule has 0 atom stereocenters. The molecule has 0 bridgehead atoms. The van der Waals surface area contributed by atoms with Gasteiger partial charge in [-0.2, -0.15) is 0 Å². The molecule has 0 fully saturated rings. The van der Waals surface area contributed by atoms with Crippen molar-refractivity contribution in [1.82, 2.24) is 19.9 Å². The maximum absolute atomic E-state index is 12.3. The van der Waals surface area contributed by atoms with Gasteiger partial charge in [0.05, 0.1) is 16.6 Å². The van der Waals surface area contributed by atoms with Crippen molar-refractivity contribution in [3.05, 3.63) is 89.0 Å². The molecular formula is C25H24ClN5O2. The number of pyridine rings is 1. The number of aryl methyl sites for hydroxylation is 2. The minimum Gasteiger partial charge on any atom is -0.352 e. The Morgan fingerprint density at radius 3 is 2.61 bits per heavy atom. The second-order valence-electron chi connectivity index (χ2n) is 7.70. The van der Waals surface area contributed by atoms with Crippen LogP contribution in [0.1, 0.15) is 28.2 Å². The molecule has 0 saturated heterocycles. The van der Waals surface area contributed by atoms with Gasteiger partial charge in [0.2, 0.25) is 5.91 Å². The number of benzene rings is 2. The SMILES string of the molecule is Cn1c(CCNC(=O)c2ccc(Cl)nc2)nc2cc(NC(=O)CCc3ccccc3)ccc21. The summed E-state index contributed by atoms with van der Waals surface area (Å²) in [6.07, 6.45) is 3.12. The lowest BCUT2D eigenvalue weighted by Crippen LogP contribution is -2.26. The summed E-state index contributed by atoms with van der Waals surface area (Å²) in [6, 6.07) is 18.9. The molecular weight excluding hydrogens is 438 g/mol. The number of halogens is 1. The van der Waals surface area contributed by atoms with E-state index in [1.54, 1.807) is 12.1 Å². The summed E-state index contributed by atoms with van der Waals surface area (Å²) in [6.45, 7) is 0.432. The van der Waals surface area contributed by atoms with Gasteiger partial charge in [-0.3, -0.25) is 9.59 Å². The van der Waals surface area contributed by atoms with Crippen molar-refractivity contribution in [3.63, 3.8) is 0 Å². The molecule has 2 heterocycles. The number of hydrogen-bond donors (Lipinski definition) is 2. The molecule has 0 aliphatic heterocycles. The third-order valence-corrected chi connectivity index (χ3v) is 5.59. The predicted molar refractivity (Wildman–Crippen MR) is 129 cm³/mol. The zero-order valence-electron chi connectivity index (χ0n) is 18.2. The normalized spacial score (nSPS) is 10.8. The molecule has 4 rings (SSSR count). The Morgan fingerprint density at radius 1 is 1.03 bits per heavy atom. The zero-order valence-corrected chi connectivity index (χ0v) is 19.0. The molecule has 7 nitrogen and oxygen atoms in total. The number of rotatable bonds is 8. The number of amides is 2. The van der Waals surface area contributed by atoms with Crippen LogP contribution in [0.15, 0.2) is 66.9 Å². The van der Waals surface area contributed by atoms with Crippen LogP contribution in [0.3, 0.4) is 0 Å². The molecule has 4 aromatic rings. The number of nitrogens with zero attached hydrogens (tertiary/aromatic N) is 3. The molecule has 33 heavy (non-hydrogen) atoms. The van der Waals surface area contributed by atoms with Gasteiger partial charge in [-0.1, -0.05) is 41.9 Å². The smallest absolute Gasteiger partial charge is 0.252 e. The molecule has 168 valence electrons. The van der Waals surface area contributed by atoms with Crippen LogP contribution in [0.4, 0.5) is 5.69 Å². The van der Waals surface area contributed by atoms with Crippen molar-refractivity contribution < 1.29 is 9.59 Å². The lowest BCUT2D eigenvalue weighted by molar-refractivity contribution is -0.116. The molecule has 2 amide bonds. The number of fused-ring (bicyclic) bond motifs is 1. The van der Waals surface area contributed by atoms with E-state index in [-0.39, 0.29) is 11.8 Å². The van der Waals surface area contributed by atoms with Crippen LogP contribution in [-0.4, -0.2) is 32.9 Å². The van der Waals surface area contributed by atoms with E-state index >= 15 is 0 Å². The molecule has 0 aliphatic rings. The van der Waals surface area contributed by atoms with Crippen molar-refractivity contribution in [2.24, 2.45) is 7.05 Å². The lowest BCUT2D eigenvalue weighted by atomic mass is 10.1. The van der Waals surface area contributed by atoms with Crippen molar-refractivity contribution in [2.75, 3.05) is 11.9 Å². The van der Waals surface area contributed by atoms with Gasteiger partial charge in [0.15, 0.2) is 0 Å². The van der Waals surface area contributed by atoms with Crippen LogP contribution in [0.5, 0.6) is 0 Å². The van der Waals surface area contributed by atoms with Gasteiger partial charge in [0, 0.05) is 38.3 Å². The first-order valence-corrected chi connectivity index (χ1v) is 11.1. The first-order chi connectivity index (χ1) is 16.0. The van der Waals surface area contributed by atoms with Crippen LogP contribution in [0.25, 0.3) is 11.0 Å². The zero-order chi connectivity index (χ0) is 23.2. The topological polar surface area (TPSA) is 88.9 Å². The highest BCUT2D eigenvalue weighted by molar-refractivity contribution is 6.29. The van der Waals surface area contributed by atoms with Crippen LogP contribution in [0, 0.1) is 0 Å². The summed E-state index contributed by atoms with van der Waals surface area (Å²) in [5.74, 6) is 0.597. The fourth-order valence-corrected chi connectivity index (χ4v) is 3.69. The molecule has 0 aliphatic carbocycles. The van der Waals surface area contributed by atoms with Crippen molar-refractivity contribution in [2.45, 2.75) is 19.3 Å². The van der Waals surface area contributed by atoms with E-state index in [9.17, 15) is 9.59 Å². The third-order valence-electron chi connectivity index (χ3n) is 5.36. The van der Waals surface area contributed by atoms with E-state index in [1.165, 1.54) is 6.20 Å². The van der Waals surface area contributed by atoms with E-state index in [4.69, 9.17) is 11.6 Å². The number of nitrogens with one attached hydrogen (secondary N) is 2. The van der Waals surface area contributed by atoms with E-state index < -0.39 is 0 Å². The average molecular weight is 462 g/mol. The Kier molecular flexibility index (Phi) is 7.00. The standard InChI is InChI=1S/C25H24ClN5O2/c1-31-21-10-9-19(29-24(32)12-7-17-5-3-2-4-6-17)15-20(21)30-23(31)13-14-27-25(33)18-8-11-22(26)28-16-18/h2-6,8-11,15-16H,7,12-14H2,1H3,(H,27,33)(H,29,32). The molecule has 0 radical (unpaired) electrons. The Bertz CT molecular complexity index is 1270. The van der Waals surface area contributed by atoms with Crippen LogP contribution in [0.2, 0.25) is 5.15 Å². The average Bonchev–Trinajstić information content (AvgIpc) is 3.13. The Morgan fingerprint density at radius 2 is 1.85 bits per heavy atom. The van der Waals surface area contributed by atoms with Gasteiger partial charge >= 0.3 is 0 Å². The highest BCUT2D eigenvalue weighted by atomic mass is 35.5. The highest BCUT2D eigenvalue weighted by Gasteiger charge is 2.11. The highest BCUT2D eigenvalue weighted by Crippen LogP contribution is 2.20. The number of anilines is 1. The Labute approximate surface area is 196 Å². The fourth-order valence-electron chi connectivity index (χ4n) is 3.58. The van der Waals surface area contributed by atoms with Gasteiger partial charge < -0.3 is 15.2 Å². The van der Waals surface area contributed by atoms with Crippen LogP contribution < -0.4 is 10.6 Å². The quantitative estimate of drug-likeness (QED) is 0.385. The lowest BCUT2D eigenvalue weighted by Gasteiger charge is -2.06. The first kappa shape index (κ1) is 22.5. The van der Waals surface area contributed by atoms with Crippen LogP contribution >= 0.6 is 11.6 Å². The molecule has 0 unspecified atom stereocenters. The minimum absolute atomic E-state index is 0.0336.